The molecule has 152 valence electrons. The number of para-hydroxylation sites is 1. The van der Waals surface area contributed by atoms with Gasteiger partial charge in [-0.25, -0.2) is 0 Å². The van der Waals surface area contributed by atoms with E-state index in [0.29, 0.717) is 11.8 Å². The van der Waals surface area contributed by atoms with Crippen LogP contribution in [0.25, 0.3) is 11.1 Å². The normalized spacial score (nSPS) is 20.1. The molecule has 2 atom stereocenters. The van der Waals surface area contributed by atoms with E-state index in [0.717, 1.165) is 27.4 Å². The number of fused-ring (bicyclic) bond motifs is 1. The number of benzene rings is 3. The zero-order valence-corrected chi connectivity index (χ0v) is 17.7. The first-order valence-corrected chi connectivity index (χ1v) is 11.4. The number of anilines is 1. The van der Waals surface area contributed by atoms with Crippen molar-refractivity contribution >= 4 is 40.6 Å². The lowest BCUT2D eigenvalue weighted by Crippen LogP contribution is -2.44. The van der Waals surface area contributed by atoms with Gasteiger partial charge in [-0.05, 0) is 52.2 Å². The summed E-state index contributed by atoms with van der Waals surface area (Å²) in [5, 5.41) is 8.22. The van der Waals surface area contributed by atoms with Crippen LogP contribution in [0, 0.1) is 0 Å². The van der Waals surface area contributed by atoms with Gasteiger partial charge in [0.05, 0.1) is 6.20 Å². The average Bonchev–Trinajstić information content (AvgIpc) is 3.19. The number of nitrogens with one attached hydrogen (secondary N) is 1. The summed E-state index contributed by atoms with van der Waals surface area (Å²) >= 11 is -1.01. The Morgan fingerprint density at radius 2 is 1.65 bits per heavy atom. The lowest BCUT2D eigenvalue weighted by Gasteiger charge is -2.26. The molecule has 2 aliphatic rings. The predicted molar refractivity (Wildman–Crippen MR) is 129 cm³/mol. The van der Waals surface area contributed by atoms with Crippen LogP contribution in [-0.4, -0.2) is 28.8 Å². The van der Waals surface area contributed by atoms with Gasteiger partial charge in [0, 0.05) is 17.3 Å². The maximum Gasteiger partial charge on any atom is 0.287 e. The maximum atomic E-state index is 11.6. The van der Waals surface area contributed by atoms with Crippen molar-refractivity contribution in [3.63, 3.8) is 0 Å². The molecule has 6 nitrogen and oxygen atoms in total. The zero-order chi connectivity index (χ0) is 21.3. The minimum atomic E-state index is -1.01. The lowest BCUT2D eigenvalue weighted by molar-refractivity contribution is 0.594. The Morgan fingerprint density at radius 1 is 0.903 bits per heavy atom. The molecule has 31 heavy (non-hydrogen) atoms. The molecule has 7 heteroatoms. The van der Waals surface area contributed by atoms with Crippen molar-refractivity contribution in [1.82, 2.24) is 4.59 Å². The van der Waals surface area contributed by atoms with Gasteiger partial charge >= 0.3 is 0 Å². The van der Waals surface area contributed by atoms with E-state index in [2.05, 4.69) is 34.6 Å². The van der Waals surface area contributed by atoms with Gasteiger partial charge in [-0.2, -0.15) is 4.99 Å². The summed E-state index contributed by atoms with van der Waals surface area (Å²) in [5.74, 6) is 1.20. The molecule has 0 radical (unpaired) electrons. The molecule has 0 bridgehead atoms. The molecule has 0 aromatic heterocycles. The Balaban J connectivity index is 1.56. The standard InChI is InChI=1S/C24H20N5OS/c1-31(30)20-13-11-19(12-14-20)26-24-27-23-17-25-15-16-29(23,28-24)22-10-6-5-9-21(22)18-7-3-2-4-8-18/h2-17H,1H3,(H,26,28)/q+1. The third-order valence-electron chi connectivity index (χ3n) is 5.18. The van der Waals surface area contributed by atoms with Gasteiger partial charge < -0.3 is 9.87 Å². The Labute approximate surface area is 183 Å². The fourth-order valence-corrected chi connectivity index (χ4v) is 4.20. The molecule has 0 aliphatic carbocycles. The van der Waals surface area contributed by atoms with Crippen LogP contribution < -0.4 is 9.91 Å². The number of quaternary nitrogens is 1. The molecule has 0 fully saturated rings. The van der Waals surface area contributed by atoms with E-state index >= 15 is 0 Å². The number of guanidine groups is 1. The molecular formula is C24H20N5OS+. The van der Waals surface area contributed by atoms with Gasteiger partial charge in [-0.15, -0.1) is 0 Å². The van der Waals surface area contributed by atoms with Crippen molar-refractivity contribution in [3.05, 3.63) is 91.3 Å². The van der Waals surface area contributed by atoms with E-state index in [-0.39, 0.29) is 4.59 Å². The molecule has 1 N–H and O–H groups in total. The van der Waals surface area contributed by atoms with Crippen molar-refractivity contribution in [3.8, 4) is 11.1 Å². The predicted octanol–water partition coefficient (Wildman–Crippen LogP) is 4.75. The maximum absolute atomic E-state index is 11.6. The SMILES string of the molecule is C[S+]([O-])c1ccc(NC2=N[N+]3(c4ccccc4-c4ccccc4)C=CN=CC3=N2)cc1. The summed E-state index contributed by atoms with van der Waals surface area (Å²) in [7, 11) is 0. The highest BCUT2D eigenvalue weighted by Gasteiger charge is 2.44. The average molecular weight is 427 g/mol. The molecule has 2 heterocycles. The van der Waals surface area contributed by atoms with Gasteiger partial charge in [0.15, 0.2) is 16.8 Å². The van der Waals surface area contributed by atoms with Crippen LogP contribution in [0.4, 0.5) is 11.4 Å². The smallest absolute Gasteiger partial charge is 0.287 e. The molecular weight excluding hydrogens is 406 g/mol. The van der Waals surface area contributed by atoms with E-state index in [9.17, 15) is 4.55 Å². The molecule has 2 aliphatic heterocycles. The number of hydrogen-bond acceptors (Lipinski definition) is 5. The summed E-state index contributed by atoms with van der Waals surface area (Å²) in [6.07, 6.45) is 7.08. The second-order valence-electron chi connectivity index (χ2n) is 7.14. The first-order chi connectivity index (χ1) is 15.2. The largest absolute Gasteiger partial charge is 0.612 e. The minimum absolute atomic E-state index is 0.105. The summed E-state index contributed by atoms with van der Waals surface area (Å²) in [4.78, 5) is 9.77. The second kappa shape index (κ2) is 7.96. The summed E-state index contributed by atoms with van der Waals surface area (Å²) in [5.41, 5.74) is 4.01. The van der Waals surface area contributed by atoms with Crippen LogP contribution in [0.15, 0.2) is 111 Å². The number of aliphatic imine (C=N–C) groups is 2. The molecule has 0 amide bonds. The molecule has 0 saturated carbocycles. The van der Waals surface area contributed by atoms with Crippen LogP contribution in [0.3, 0.4) is 0 Å². The highest BCUT2D eigenvalue weighted by Crippen LogP contribution is 2.39. The third kappa shape index (κ3) is 3.59. The van der Waals surface area contributed by atoms with Crippen molar-refractivity contribution in [2.45, 2.75) is 4.90 Å². The van der Waals surface area contributed by atoms with Gasteiger partial charge in [-0.1, -0.05) is 47.1 Å². The highest BCUT2D eigenvalue weighted by molar-refractivity contribution is 7.90. The molecule has 0 spiro atoms. The lowest BCUT2D eigenvalue weighted by atomic mass is 10.0. The Bertz CT molecular complexity index is 1230. The molecule has 3 aromatic rings. The third-order valence-corrected chi connectivity index (χ3v) is 6.12. The second-order valence-corrected chi connectivity index (χ2v) is 8.52. The van der Waals surface area contributed by atoms with E-state index in [1.807, 2.05) is 60.8 Å². The van der Waals surface area contributed by atoms with Crippen LogP contribution in [0.2, 0.25) is 0 Å². The topological polar surface area (TPSA) is 72.2 Å². The van der Waals surface area contributed by atoms with E-state index in [1.54, 1.807) is 18.7 Å². The van der Waals surface area contributed by atoms with Gasteiger partial charge in [0.1, 0.15) is 12.5 Å². The van der Waals surface area contributed by atoms with Crippen molar-refractivity contribution in [1.29, 1.82) is 0 Å². The van der Waals surface area contributed by atoms with Crippen molar-refractivity contribution in [2.75, 3.05) is 11.6 Å². The molecule has 5 rings (SSSR count). The summed E-state index contributed by atoms with van der Waals surface area (Å²) in [6, 6.07) is 25.9. The molecule has 3 aromatic carbocycles. The number of amidine groups is 1. The quantitative estimate of drug-likeness (QED) is 0.483. The minimum Gasteiger partial charge on any atom is -0.612 e. The molecule has 0 saturated heterocycles. The van der Waals surface area contributed by atoms with E-state index in [4.69, 9.17) is 10.1 Å². The zero-order valence-electron chi connectivity index (χ0n) is 16.8. The fraction of sp³-hybridized carbons (Fsp3) is 0.0417. The van der Waals surface area contributed by atoms with Gasteiger partial charge in [0.2, 0.25) is 0 Å². The van der Waals surface area contributed by atoms with Gasteiger partial charge in [-0.3, -0.25) is 4.99 Å². The first kappa shape index (κ1) is 19.4. The Hall–Kier alpha value is -3.52. The highest BCUT2D eigenvalue weighted by atomic mass is 32.2. The monoisotopic (exact) mass is 426 g/mol. The van der Waals surface area contributed by atoms with E-state index < -0.39 is 11.2 Å². The van der Waals surface area contributed by atoms with Crippen LogP contribution in [0.1, 0.15) is 0 Å². The van der Waals surface area contributed by atoms with Crippen LogP contribution in [0.5, 0.6) is 0 Å². The number of nitrogens with zero attached hydrogens (tertiary/aromatic N) is 4. The Morgan fingerprint density at radius 3 is 2.42 bits per heavy atom. The number of hydrogen-bond donors (Lipinski definition) is 1. The summed E-state index contributed by atoms with van der Waals surface area (Å²) < 4.78 is 11.7. The van der Waals surface area contributed by atoms with Crippen LogP contribution in [-0.2, 0) is 11.2 Å². The van der Waals surface area contributed by atoms with Gasteiger partial charge in [0.25, 0.3) is 11.8 Å². The Kier molecular flexibility index (Phi) is 4.99. The van der Waals surface area contributed by atoms with E-state index in [1.165, 1.54) is 0 Å². The van der Waals surface area contributed by atoms with Crippen molar-refractivity contribution < 1.29 is 4.55 Å². The van der Waals surface area contributed by atoms with Crippen LogP contribution >= 0.6 is 0 Å². The fourth-order valence-electron chi connectivity index (χ4n) is 3.68. The molecule has 2 unspecified atom stereocenters. The first-order valence-electron chi connectivity index (χ1n) is 9.80. The number of rotatable bonds is 4. The van der Waals surface area contributed by atoms with Crippen molar-refractivity contribution in [2.24, 2.45) is 15.1 Å². The summed E-state index contributed by atoms with van der Waals surface area (Å²) in [6.45, 7) is 0.